The molecule has 9 heteroatoms. The summed E-state index contributed by atoms with van der Waals surface area (Å²) in [7, 11) is 1.18. The van der Waals surface area contributed by atoms with E-state index in [1.807, 2.05) is 0 Å². The molecule has 122 valence electrons. The van der Waals surface area contributed by atoms with E-state index >= 15 is 0 Å². The first-order valence-corrected chi connectivity index (χ1v) is 6.91. The molecule has 1 rings (SSSR count). The standard InChI is InChI=1S/C14H17BN2O6/c1-2-23-13(21)8-5-3-4-6-9(8)16-12(20)10(7-11(18)19)17-14(15)22/h3-6,10H,2,7,15H2,1H3,(H,16,20)(H,17,22)(H,18,19). The topological polar surface area (TPSA) is 122 Å². The zero-order chi connectivity index (χ0) is 17.4. The summed E-state index contributed by atoms with van der Waals surface area (Å²) in [5, 5.41) is 13.5. The lowest BCUT2D eigenvalue weighted by atomic mass is 10.1. The fourth-order valence-electron chi connectivity index (χ4n) is 1.83. The molecule has 2 amide bonds. The van der Waals surface area contributed by atoms with Crippen LogP contribution in [0, 0.1) is 0 Å². The van der Waals surface area contributed by atoms with Gasteiger partial charge in [0.1, 0.15) is 6.04 Å². The van der Waals surface area contributed by atoms with Crippen LogP contribution in [0.3, 0.4) is 0 Å². The second-order valence-corrected chi connectivity index (χ2v) is 4.61. The number of aliphatic carboxylic acids is 1. The molecule has 0 fully saturated rings. The summed E-state index contributed by atoms with van der Waals surface area (Å²) < 4.78 is 4.89. The van der Waals surface area contributed by atoms with E-state index in [1.54, 1.807) is 19.1 Å². The average molecular weight is 320 g/mol. The van der Waals surface area contributed by atoms with Gasteiger partial charge in [-0.05, 0) is 19.1 Å². The van der Waals surface area contributed by atoms with Crippen LogP contribution in [0.15, 0.2) is 24.3 Å². The van der Waals surface area contributed by atoms with Gasteiger partial charge in [-0.2, -0.15) is 0 Å². The number of para-hydroxylation sites is 1. The van der Waals surface area contributed by atoms with Gasteiger partial charge in [-0.1, -0.05) is 12.1 Å². The van der Waals surface area contributed by atoms with Crippen molar-refractivity contribution in [1.29, 1.82) is 0 Å². The number of amides is 2. The Hall–Kier alpha value is -2.84. The number of ether oxygens (including phenoxy) is 1. The Bertz CT molecular complexity index is 603. The molecular weight excluding hydrogens is 303 g/mol. The first kappa shape index (κ1) is 18.2. The predicted molar refractivity (Wildman–Crippen MR) is 84.1 cm³/mol. The van der Waals surface area contributed by atoms with Crippen LogP contribution in [0.25, 0.3) is 0 Å². The van der Waals surface area contributed by atoms with Gasteiger partial charge in [0.15, 0.2) is 5.81 Å². The van der Waals surface area contributed by atoms with Crippen LogP contribution in [0.1, 0.15) is 23.7 Å². The molecular formula is C14H17BN2O6. The SMILES string of the molecule is BC(=O)NC(CC(=O)O)C(=O)Nc1ccccc1C(=O)OCC. The Morgan fingerprint density at radius 3 is 2.48 bits per heavy atom. The Balaban J connectivity index is 2.95. The summed E-state index contributed by atoms with van der Waals surface area (Å²) in [6, 6.07) is 4.90. The van der Waals surface area contributed by atoms with E-state index in [0.717, 1.165) is 0 Å². The number of benzene rings is 1. The number of carboxylic acid groups (broad SMARTS) is 1. The lowest BCUT2D eigenvalue weighted by Crippen LogP contribution is -2.44. The number of carboxylic acids is 1. The number of hydrogen-bond acceptors (Lipinski definition) is 5. The van der Waals surface area contributed by atoms with Crippen LogP contribution in [-0.4, -0.2) is 49.3 Å². The van der Waals surface area contributed by atoms with Gasteiger partial charge in [-0.15, -0.1) is 0 Å². The number of nitrogens with one attached hydrogen (secondary N) is 2. The fourth-order valence-corrected chi connectivity index (χ4v) is 1.83. The molecule has 0 aromatic heterocycles. The number of anilines is 1. The van der Waals surface area contributed by atoms with Gasteiger partial charge < -0.3 is 20.5 Å². The average Bonchev–Trinajstić information content (AvgIpc) is 2.46. The minimum Gasteiger partial charge on any atom is -0.481 e. The Kier molecular flexibility index (Phi) is 6.79. The van der Waals surface area contributed by atoms with E-state index in [4.69, 9.17) is 9.84 Å². The second-order valence-electron chi connectivity index (χ2n) is 4.61. The molecule has 1 atom stereocenters. The largest absolute Gasteiger partial charge is 0.481 e. The molecule has 8 nitrogen and oxygen atoms in total. The maximum Gasteiger partial charge on any atom is 0.340 e. The number of carbonyl (C=O) groups excluding carboxylic acids is 3. The van der Waals surface area contributed by atoms with Crippen LogP contribution in [0.4, 0.5) is 10.5 Å². The van der Waals surface area contributed by atoms with Gasteiger partial charge in [0.25, 0.3) is 0 Å². The molecule has 1 aromatic rings. The molecule has 0 aliphatic rings. The third kappa shape index (κ3) is 5.81. The van der Waals surface area contributed by atoms with Gasteiger partial charge in [0.05, 0.1) is 24.3 Å². The molecule has 23 heavy (non-hydrogen) atoms. The molecule has 0 heterocycles. The molecule has 0 aliphatic carbocycles. The van der Waals surface area contributed by atoms with E-state index in [9.17, 15) is 19.2 Å². The normalized spacial score (nSPS) is 11.2. The zero-order valence-electron chi connectivity index (χ0n) is 12.8. The molecule has 0 saturated heterocycles. The predicted octanol–water partition coefficient (Wildman–Crippen LogP) is -0.0122. The molecule has 3 N–H and O–H groups in total. The molecule has 1 unspecified atom stereocenters. The van der Waals surface area contributed by atoms with Crippen LogP contribution < -0.4 is 10.6 Å². The molecule has 0 radical (unpaired) electrons. The lowest BCUT2D eigenvalue weighted by Gasteiger charge is -2.17. The van der Waals surface area contributed by atoms with Crippen molar-refractivity contribution in [2.24, 2.45) is 0 Å². The summed E-state index contributed by atoms with van der Waals surface area (Å²) in [5.41, 5.74) is 0.316. The van der Waals surface area contributed by atoms with E-state index in [0.29, 0.717) is 0 Å². The van der Waals surface area contributed by atoms with Crippen molar-refractivity contribution in [2.45, 2.75) is 19.4 Å². The van der Waals surface area contributed by atoms with Crippen molar-refractivity contribution >= 4 is 37.2 Å². The highest BCUT2D eigenvalue weighted by Crippen LogP contribution is 2.17. The van der Waals surface area contributed by atoms with Crippen LogP contribution in [-0.2, 0) is 14.3 Å². The maximum atomic E-state index is 12.2. The minimum absolute atomic E-state index is 0.139. The molecule has 1 aromatic carbocycles. The molecule has 0 saturated carbocycles. The Morgan fingerprint density at radius 1 is 1.26 bits per heavy atom. The van der Waals surface area contributed by atoms with Crippen LogP contribution in [0.5, 0.6) is 0 Å². The number of hydrogen-bond donors (Lipinski definition) is 3. The van der Waals surface area contributed by atoms with E-state index < -0.39 is 36.1 Å². The van der Waals surface area contributed by atoms with Crippen molar-refractivity contribution in [3.05, 3.63) is 29.8 Å². The monoisotopic (exact) mass is 320 g/mol. The fraction of sp³-hybridized carbons (Fsp3) is 0.286. The number of carbonyl (C=O) groups is 4. The summed E-state index contributed by atoms with van der Waals surface area (Å²) in [6.45, 7) is 1.83. The summed E-state index contributed by atoms with van der Waals surface area (Å²) in [4.78, 5) is 45.9. The van der Waals surface area contributed by atoms with Gasteiger partial charge in [0.2, 0.25) is 13.8 Å². The quantitative estimate of drug-likeness (QED) is 0.480. The van der Waals surface area contributed by atoms with Crippen LogP contribution in [0.2, 0.25) is 0 Å². The van der Waals surface area contributed by atoms with Gasteiger partial charge in [0, 0.05) is 0 Å². The molecule has 0 bridgehead atoms. The third-order valence-corrected chi connectivity index (χ3v) is 2.75. The van der Waals surface area contributed by atoms with Gasteiger partial charge >= 0.3 is 11.9 Å². The smallest absolute Gasteiger partial charge is 0.340 e. The van der Waals surface area contributed by atoms with Gasteiger partial charge in [-0.25, -0.2) is 4.79 Å². The maximum absolute atomic E-state index is 12.2. The minimum atomic E-state index is -1.25. The van der Waals surface area contributed by atoms with Crippen LogP contribution >= 0.6 is 0 Å². The van der Waals surface area contributed by atoms with Crippen molar-refractivity contribution < 1.29 is 29.0 Å². The highest BCUT2D eigenvalue weighted by molar-refractivity contribution is 6.57. The van der Waals surface area contributed by atoms with Gasteiger partial charge in [-0.3, -0.25) is 14.4 Å². The highest BCUT2D eigenvalue weighted by atomic mass is 16.5. The van der Waals surface area contributed by atoms with E-state index in [1.165, 1.54) is 20.0 Å². The number of esters is 1. The third-order valence-electron chi connectivity index (χ3n) is 2.75. The second kappa shape index (κ2) is 8.57. The van der Waals surface area contributed by atoms with Crippen molar-refractivity contribution in [3.63, 3.8) is 0 Å². The summed E-state index contributed by atoms with van der Waals surface area (Å²) >= 11 is 0. The van der Waals surface area contributed by atoms with E-state index in [-0.39, 0.29) is 17.9 Å². The molecule has 0 spiro atoms. The zero-order valence-corrected chi connectivity index (χ0v) is 12.8. The highest BCUT2D eigenvalue weighted by Gasteiger charge is 2.24. The first-order chi connectivity index (χ1) is 10.8. The lowest BCUT2D eigenvalue weighted by molar-refractivity contribution is -0.139. The number of rotatable bonds is 7. The first-order valence-electron chi connectivity index (χ1n) is 6.91. The Morgan fingerprint density at radius 2 is 1.91 bits per heavy atom. The van der Waals surface area contributed by atoms with Crippen molar-refractivity contribution in [2.75, 3.05) is 11.9 Å². The summed E-state index contributed by atoms with van der Waals surface area (Å²) in [6.07, 6.45) is -0.576. The Labute approximate surface area is 133 Å². The van der Waals surface area contributed by atoms with Crippen molar-refractivity contribution in [3.8, 4) is 0 Å². The summed E-state index contributed by atoms with van der Waals surface area (Å²) in [5.74, 6) is -3.13. The van der Waals surface area contributed by atoms with E-state index in [2.05, 4.69) is 10.6 Å². The molecule has 0 aliphatic heterocycles. The van der Waals surface area contributed by atoms with Crippen molar-refractivity contribution in [1.82, 2.24) is 5.32 Å².